The van der Waals surface area contributed by atoms with Gasteiger partial charge in [0.1, 0.15) is 5.54 Å². The first-order chi connectivity index (χ1) is 16.9. The summed E-state index contributed by atoms with van der Waals surface area (Å²) < 4.78 is 0. The number of aryl methyl sites for hydroxylation is 1. The number of benzene rings is 3. The molecule has 1 atom stereocenters. The van der Waals surface area contributed by atoms with Crippen LogP contribution in [0.25, 0.3) is 11.1 Å². The van der Waals surface area contributed by atoms with E-state index in [2.05, 4.69) is 16.1 Å². The van der Waals surface area contributed by atoms with Gasteiger partial charge in [0.2, 0.25) is 0 Å². The molecule has 0 unspecified atom stereocenters. The first kappa shape index (κ1) is 23.7. The summed E-state index contributed by atoms with van der Waals surface area (Å²) in [5.74, 6) is -1.67. The van der Waals surface area contributed by atoms with Gasteiger partial charge < -0.3 is 10.6 Å². The summed E-state index contributed by atoms with van der Waals surface area (Å²) in [5.41, 5.74) is 4.58. The largest absolute Gasteiger partial charge is 0.344 e. The third-order valence-corrected chi connectivity index (χ3v) is 5.92. The van der Waals surface area contributed by atoms with Crippen molar-refractivity contribution in [1.29, 1.82) is 0 Å². The van der Waals surface area contributed by atoms with Gasteiger partial charge in [0.25, 0.3) is 17.7 Å². The number of rotatable bonds is 8. The molecule has 5 amide bonds. The number of carbonyl (C=O) groups is 4. The maximum absolute atomic E-state index is 12.8. The van der Waals surface area contributed by atoms with Crippen LogP contribution in [0, 0.1) is 0 Å². The van der Waals surface area contributed by atoms with Crippen LogP contribution >= 0.6 is 0 Å². The highest BCUT2D eigenvalue weighted by Gasteiger charge is 2.48. The monoisotopic (exact) mass is 470 g/mol. The van der Waals surface area contributed by atoms with E-state index < -0.39 is 35.8 Å². The molecule has 4 rings (SSSR count). The molecule has 8 nitrogen and oxygen atoms in total. The van der Waals surface area contributed by atoms with Crippen LogP contribution in [-0.4, -0.2) is 40.8 Å². The number of hydrazine groups is 1. The zero-order valence-electron chi connectivity index (χ0n) is 19.3. The van der Waals surface area contributed by atoms with E-state index in [1.807, 2.05) is 72.8 Å². The van der Waals surface area contributed by atoms with Crippen LogP contribution in [-0.2, 0) is 16.0 Å². The zero-order valence-corrected chi connectivity index (χ0v) is 19.3. The van der Waals surface area contributed by atoms with Crippen molar-refractivity contribution in [3.05, 3.63) is 96.1 Å². The van der Waals surface area contributed by atoms with Gasteiger partial charge >= 0.3 is 6.03 Å². The van der Waals surface area contributed by atoms with Gasteiger partial charge in [-0.3, -0.25) is 19.8 Å². The lowest BCUT2D eigenvalue weighted by molar-refractivity contribution is -0.138. The average molecular weight is 471 g/mol. The highest BCUT2D eigenvalue weighted by atomic mass is 16.2. The molecule has 1 aliphatic heterocycles. The van der Waals surface area contributed by atoms with Gasteiger partial charge in [-0.1, -0.05) is 72.8 Å². The predicted octanol–water partition coefficient (Wildman–Crippen LogP) is 3.06. The molecule has 0 saturated carbocycles. The highest BCUT2D eigenvalue weighted by molar-refractivity contribution is 6.08. The second kappa shape index (κ2) is 10.2. The van der Waals surface area contributed by atoms with Gasteiger partial charge in [0, 0.05) is 5.56 Å². The molecule has 1 aliphatic rings. The van der Waals surface area contributed by atoms with Crippen LogP contribution in [0.15, 0.2) is 84.9 Å². The van der Waals surface area contributed by atoms with Crippen LogP contribution in [0.4, 0.5) is 4.79 Å². The number of carbonyl (C=O) groups excluding carboxylic acids is 4. The highest BCUT2D eigenvalue weighted by Crippen LogP contribution is 2.22. The maximum Gasteiger partial charge on any atom is 0.344 e. The van der Waals surface area contributed by atoms with Crippen LogP contribution in [0.2, 0.25) is 0 Å². The molecule has 178 valence electrons. The molecule has 1 heterocycles. The van der Waals surface area contributed by atoms with Crippen molar-refractivity contribution in [3.63, 3.8) is 0 Å². The van der Waals surface area contributed by atoms with Crippen molar-refractivity contribution < 1.29 is 19.2 Å². The standard InChI is InChI=1S/C27H26N4O4/c1-27(17-16-19-8-4-2-5-9-19)25(34)31(26(35)29-27)30-23(32)18-28-24(33)22-14-12-21(13-15-22)20-10-6-3-7-11-20/h2-15H,16-18H2,1H3,(H,28,33)(H,29,35)(H,30,32)/t27-/m1/s1. The van der Waals surface area contributed by atoms with E-state index in [0.29, 0.717) is 23.4 Å². The predicted molar refractivity (Wildman–Crippen MR) is 131 cm³/mol. The van der Waals surface area contributed by atoms with Crippen LogP contribution < -0.4 is 16.1 Å². The molecule has 0 radical (unpaired) electrons. The molecule has 0 aromatic heterocycles. The van der Waals surface area contributed by atoms with Crippen molar-refractivity contribution in [2.45, 2.75) is 25.3 Å². The molecule has 0 bridgehead atoms. The molecular formula is C27H26N4O4. The number of urea groups is 1. The molecular weight excluding hydrogens is 444 g/mol. The Morgan fingerprint density at radius 1 is 0.857 bits per heavy atom. The van der Waals surface area contributed by atoms with Crippen molar-refractivity contribution >= 4 is 23.8 Å². The first-order valence-electron chi connectivity index (χ1n) is 11.3. The summed E-state index contributed by atoms with van der Waals surface area (Å²) in [6.45, 7) is 1.24. The molecule has 3 aromatic rings. The summed E-state index contributed by atoms with van der Waals surface area (Å²) in [6, 6.07) is 25.7. The Bertz CT molecular complexity index is 1230. The van der Waals surface area contributed by atoms with Crippen LogP contribution in [0.5, 0.6) is 0 Å². The minimum absolute atomic E-state index is 0.379. The van der Waals surface area contributed by atoms with E-state index in [-0.39, 0.29) is 0 Å². The van der Waals surface area contributed by atoms with Crippen molar-refractivity contribution in [1.82, 2.24) is 21.1 Å². The van der Waals surface area contributed by atoms with Crippen molar-refractivity contribution in [3.8, 4) is 11.1 Å². The molecule has 35 heavy (non-hydrogen) atoms. The third kappa shape index (κ3) is 5.55. The molecule has 3 N–H and O–H groups in total. The van der Waals surface area contributed by atoms with Gasteiger partial charge in [-0.15, -0.1) is 0 Å². The molecule has 0 aliphatic carbocycles. The Balaban J connectivity index is 1.29. The lowest BCUT2D eigenvalue weighted by Gasteiger charge is -2.21. The van der Waals surface area contributed by atoms with Crippen LogP contribution in [0.3, 0.4) is 0 Å². The quantitative estimate of drug-likeness (QED) is 0.440. The van der Waals surface area contributed by atoms with Crippen LogP contribution in [0.1, 0.15) is 29.3 Å². The average Bonchev–Trinajstić information content (AvgIpc) is 3.10. The second-order valence-corrected chi connectivity index (χ2v) is 8.55. The topological polar surface area (TPSA) is 108 Å². The van der Waals surface area contributed by atoms with Gasteiger partial charge in [0.15, 0.2) is 0 Å². The molecule has 1 saturated heterocycles. The van der Waals surface area contributed by atoms with E-state index >= 15 is 0 Å². The molecule has 3 aromatic carbocycles. The van der Waals surface area contributed by atoms with Crippen molar-refractivity contribution in [2.24, 2.45) is 0 Å². The second-order valence-electron chi connectivity index (χ2n) is 8.55. The third-order valence-electron chi connectivity index (χ3n) is 5.92. The van der Waals surface area contributed by atoms with Gasteiger partial charge in [-0.25, -0.2) is 4.79 Å². The SMILES string of the molecule is C[C@]1(CCc2ccccc2)NC(=O)N(NC(=O)CNC(=O)c2ccc(-c3ccccc3)cc2)C1=O. The molecule has 0 spiro atoms. The fourth-order valence-electron chi connectivity index (χ4n) is 3.87. The summed E-state index contributed by atoms with van der Waals surface area (Å²) >= 11 is 0. The smallest absolute Gasteiger partial charge is 0.343 e. The number of nitrogens with one attached hydrogen (secondary N) is 3. The molecule has 1 fully saturated rings. The fraction of sp³-hybridized carbons (Fsp3) is 0.185. The summed E-state index contributed by atoms with van der Waals surface area (Å²) in [4.78, 5) is 50.0. The van der Waals surface area contributed by atoms with Gasteiger partial charge in [0.05, 0.1) is 6.54 Å². The van der Waals surface area contributed by atoms with E-state index in [9.17, 15) is 19.2 Å². The lowest BCUT2D eigenvalue weighted by atomic mass is 9.93. The Morgan fingerprint density at radius 3 is 2.11 bits per heavy atom. The van der Waals surface area contributed by atoms with Crippen molar-refractivity contribution in [2.75, 3.05) is 6.54 Å². The lowest BCUT2D eigenvalue weighted by Crippen LogP contribution is -2.51. The zero-order chi connectivity index (χ0) is 24.8. The minimum Gasteiger partial charge on any atom is -0.343 e. The Labute approximate surface area is 203 Å². The number of amides is 5. The fourth-order valence-corrected chi connectivity index (χ4v) is 3.87. The Morgan fingerprint density at radius 2 is 1.46 bits per heavy atom. The van der Waals surface area contributed by atoms with E-state index in [1.54, 1.807) is 19.1 Å². The maximum atomic E-state index is 12.8. The Kier molecular flexibility index (Phi) is 6.91. The number of imide groups is 1. The summed E-state index contributed by atoms with van der Waals surface area (Å²) in [6.07, 6.45) is 0.966. The number of hydrogen-bond donors (Lipinski definition) is 3. The molecule has 8 heteroatoms. The number of nitrogens with zero attached hydrogens (tertiary/aromatic N) is 1. The first-order valence-corrected chi connectivity index (χ1v) is 11.3. The normalized spacial score (nSPS) is 17.1. The number of hydrogen-bond acceptors (Lipinski definition) is 4. The van der Waals surface area contributed by atoms with Gasteiger partial charge in [-0.2, -0.15) is 5.01 Å². The minimum atomic E-state index is -1.13. The van der Waals surface area contributed by atoms with Gasteiger partial charge in [-0.05, 0) is 48.6 Å². The van der Waals surface area contributed by atoms with E-state index in [4.69, 9.17) is 0 Å². The van der Waals surface area contributed by atoms with E-state index in [0.717, 1.165) is 16.7 Å². The van der Waals surface area contributed by atoms with E-state index in [1.165, 1.54) is 0 Å². The summed E-state index contributed by atoms with van der Waals surface area (Å²) in [5, 5.41) is 5.83. The Hall–Kier alpha value is -4.46. The summed E-state index contributed by atoms with van der Waals surface area (Å²) in [7, 11) is 0.